The van der Waals surface area contributed by atoms with E-state index in [0.29, 0.717) is 31.2 Å². The van der Waals surface area contributed by atoms with E-state index in [1.165, 1.54) is 36.7 Å². The van der Waals surface area contributed by atoms with Crippen molar-refractivity contribution in [3.05, 3.63) is 82.4 Å². The Kier molecular flexibility index (Phi) is 5.93. The van der Waals surface area contributed by atoms with E-state index in [9.17, 15) is 19.3 Å². The number of nitro groups is 1. The molecule has 0 N–H and O–H groups in total. The topological polar surface area (TPSA) is 102 Å². The maximum absolute atomic E-state index is 13.4. The third-order valence-corrected chi connectivity index (χ3v) is 5.16. The number of amides is 1. The molecule has 2 aromatic carbocycles. The SMILES string of the molecule is C[C@@H]1CN(c2cc(Oc3cccc(F)c3)ncn2)CCN1C(=O)c1cccc([N+](=O)[O-])c1. The van der Waals surface area contributed by atoms with Gasteiger partial charge >= 0.3 is 0 Å². The number of rotatable bonds is 5. The number of non-ortho nitro benzene ring substituents is 1. The number of carbonyl (C=O) groups excluding carboxylic acids is 1. The molecule has 1 fully saturated rings. The van der Waals surface area contributed by atoms with Gasteiger partial charge in [0.25, 0.3) is 11.6 Å². The van der Waals surface area contributed by atoms with Gasteiger partial charge in [-0.2, -0.15) is 0 Å². The van der Waals surface area contributed by atoms with Gasteiger partial charge in [0.15, 0.2) is 0 Å². The van der Waals surface area contributed by atoms with Gasteiger partial charge < -0.3 is 14.5 Å². The molecule has 1 amide bonds. The Labute approximate surface area is 183 Å². The molecule has 0 spiro atoms. The lowest BCUT2D eigenvalue weighted by molar-refractivity contribution is -0.384. The fourth-order valence-electron chi connectivity index (χ4n) is 3.60. The third kappa shape index (κ3) is 4.64. The van der Waals surface area contributed by atoms with Crippen molar-refractivity contribution in [3.8, 4) is 11.6 Å². The average molecular weight is 437 g/mol. The molecule has 0 unspecified atom stereocenters. The predicted octanol–water partition coefficient (Wildman–Crippen LogP) is 3.67. The first-order valence-electron chi connectivity index (χ1n) is 9.96. The molecule has 32 heavy (non-hydrogen) atoms. The van der Waals surface area contributed by atoms with E-state index in [4.69, 9.17) is 4.74 Å². The van der Waals surface area contributed by atoms with Crippen molar-refractivity contribution in [2.45, 2.75) is 13.0 Å². The number of anilines is 1. The first kappa shape index (κ1) is 21.2. The smallest absolute Gasteiger partial charge is 0.270 e. The van der Waals surface area contributed by atoms with E-state index in [1.54, 1.807) is 29.2 Å². The van der Waals surface area contributed by atoms with Crippen molar-refractivity contribution in [2.24, 2.45) is 0 Å². The van der Waals surface area contributed by atoms with Crippen LogP contribution in [-0.2, 0) is 0 Å². The van der Waals surface area contributed by atoms with E-state index >= 15 is 0 Å². The van der Waals surface area contributed by atoms with Crippen LogP contribution < -0.4 is 9.64 Å². The van der Waals surface area contributed by atoms with Crippen LogP contribution in [0.25, 0.3) is 0 Å². The van der Waals surface area contributed by atoms with Crippen LogP contribution in [0.4, 0.5) is 15.9 Å². The van der Waals surface area contributed by atoms with Crippen LogP contribution in [0.2, 0.25) is 0 Å². The molecule has 9 nitrogen and oxygen atoms in total. The largest absolute Gasteiger partial charge is 0.439 e. The number of piperazine rings is 1. The van der Waals surface area contributed by atoms with Gasteiger partial charge in [-0.3, -0.25) is 14.9 Å². The average Bonchev–Trinajstić information content (AvgIpc) is 2.79. The molecule has 0 aliphatic carbocycles. The Morgan fingerprint density at radius 3 is 2.72 bits per heavy atom. The lowest BCUT2D eigenvalue weighted by Gasteiger charge is -2.40. The normalized spacial score (nSPS) is 16.0. The van der Waals surface area contributed by atoms with Crippen molar-refractivity contribution in [3.63, 3.8) is 0 Å². The molecule has 0 radical (unpaired) electrons. The van der Waals surface area contributed by atoms with Gasteiger partial charge in [0.1, 0.15) is 23.7 Å². The van der Waals surface area contributed by atoms with E-state index in [2.05, 4.69) is 9.97 Å². The highest BCUT2D eigenvalue weighted by Crippen LogP contribution is 2.25. The van der Waals surface area contributed by atoms with E-state index < -0.39 is 10.7 Å². The first-order valence-corrected chi connectivity index (χ1v) is 9.96. The number of hydrogen-bond donors (Lipinski definition) is 0. The maximum atomic E-state index is 13.4. The van der Waals surface area contributed by atoms with Crippen LogP contribution in [0.5, 0.6) is 11.6 Å². The second-order valence-electron chi connectivity index (χ2n) is 7.37. The van der Waals surface area contributed by atoms with Crippen LogP contribution in [0, 0.1) is 15.9 Å². The Morgan fingerprint density at radius 1 is 1.16 bits per heavy atom. The molecule has 1 aromatic heterocycles. The van der Waals surface area contributed by atoms with Crippen molar-refractivity contribution in [1.29, 1.82) is 0 Å². The summed E-state index contributed by atoms with van der Waals surface area (Å²) in [5.74, 6) is 0.577. The molecule has 4 rings (SSSR count). The molecule has 1 aliphatic heterocycles. The summed E-state index contributed by atoms with van der Waals surface area (Å²) in [5.41, 5.74) is 0.168. The molecule has 3 aromatic rings. The summed E-state index contributed by atoms with van der Waals surface area (Å²) in [6.45, 7) is 3.36. The highest BCUT2D eigenvalue weighted by molar-refractivity contribution is 5.95. The fourth-order valence-corrected chi connectivity index (χ4v) is 3.60. The van der Waals surface area contributed by atoms with Gasteiger partial charge in [-0.15, -0.1) is 0 Å². The lowest BCUT2D eigenvalue weighted by atomic mass is 10.1. The van der Waals surface area contributed by atoms with Gasteiger partial charge in [-0.1, -0.05) is 12.1 Å². The molecular formula is C22H20FN5O4. The van der Waals surface area contributed by atoms with Crippen molar-refractivity contribution in [1.82, 2.24) is 14.9 Å². The highest BCUT2D eigenvalue weighted by atomic mass is 19.1. The number of carbonyl (C=O) groups is 1. The van der Waals surface area contributed by atoms with Crippen LogP contribution in [-0.4, -0.2) is 51.4 Å². The summed E-state index contributed by atoms with van der Waals surface area (Å²) >= 11 is 0. The minimum atomic E-state index is -0.517. The summed E-state index contributed by atoms with van der Waals surface area (Å²) < 4.78 is 19.0. The maximum Gasteiger partial charge on any atom is 0.270 e. The van der Waals surface area contributed by atoms with E-state index in [-0.39, 0.29) is 29.1 Å². The highest BCUT2D eigenvalue weighted by Gasteiger charge is 2.29. The third-order valence-electron chi connectivity index (χ3n) is 5.16. The monoisotopic (exact) mass is 437 g/mol. The summed E-state index contributed by atoms with van der Waals surface area (Å²) in [5, 5.41) is 11.0. The Hall–Kier alpha value is -4.08. The zero-order valence-corrected chi connectivity index (χ0v) is 17.2. The molecule has 10 heteroatoms. The van der Waals surface area contributed by atoms with Gasteiger partial charge in [-0.25, -0.2) is 14.4 Å². The number of ether oxygens (including phenoxy) is 1. The lowest BCUT2D eigenvalue weighted by Crippen LogP contribution is -2.54. The number of aromatic nitrogens is 2. The second kappa shape index (κ2) is 8.96. The Morgan fingerprint density at radius 2 is 1.97 bits per heavy atom. The van der Waals surface area contributed by atoms with Gasteiger partial charge in [0.05, 0.1) is 4.92 Å². The van der Waals surface area contributed by atoms with E-state index in [0.717, 1.165) is 0 Å². The molecule has 1 atom stereocenters. The van der Waals surface area contributed by atoms with Crippen LogP contribution in [0.3, 0.4) is 0 Å². The number of benzene rings is 2. The number of nitrogens with zero attached hydrogens (tertiary/aromatic N) is 5. The summed E-state index contributed by atoms with van der Waals surface area (Å²) in [4.78, 5) is 35.5. The molecular weight excluding hydrogens is 417 g/mol. The molecule has 164 valence electrons. The minimum Gasteiger partial charge on any atom is -0.439 e. The molecule has 2 heterocycles. The van der Waals surface area contributed by atoms with Crippen LogP contribution >= 0.6 is 0 Å². The Bertz CT molecular complexity index is 1160. The van der Waals surface area contributed by atoms with Gasteiger partial charge in [0, 0.05) is 55.5 Å². The Balaban J connectivity index is 1.45. The van der Waals surface area contributed by atoms with Crippen molar-refractivity contribution >= 4 is 17.4 Å². The standard InChI is InChI=1S/C22H20FN5O4/c1-15-13-26(8-9-27(15)22(29)16-4-2-6-18(10-16)28(30)31)20-12-21(25-14-24-20)32-19-7-3-5-17(23)11-19/h2-7,10-12,14-15H,8-9,13H2,1H3/t15-/m1/s1. The van der Waals surface area contributed by atoms with Crippen LogP contribution in [0.15, 0.2) is 60.9 Å². The molecule has 0 saturated carbocycles. The van der Waals surface area contributed by atoms with Gasteiger partial charge in [0.2, 0.25) is 5.88 Å². The summed E-state index contributed by atoms with van der Waals surface area (Å²) in [6, 6.07) is 13.0. The second-order valence-corrected chi connectivity index (χ2v) is 7.37. The molecule has 0 bridgehead atoms. The quantitative estimate of drug-likeness (QED) is 0.443. The van der Waals surface area contributed by atoms with Crippen molar-refractivity contribution in [2.75, 3.05) is 24.5 Å². The summed E-state index contributed by atoms with van der Waals surface area (Å²) in [6.07, 6.45) is 1.37. The molecule has 1 aliphatic rings. The number of hydrogen-bond acceptors (Lipinski definition) is 7. The number of halogens is 1. The first-order chi connectivity index (χ1) is 15.4. The number of nitro benzene ring substituents is 1. The van der Waals surface area contributed by atoms with Crippen molar-refractivity contribution < 1.29 is 18.8 Å². The fraction of sp³-hybridized carbons (Fsp3) is 0.227. The zero-order valence-electron chi connectivity index (χ0n) is 17.2. The zero-order chi connectivity index (χ0) is 22.7. The molecule has 1 saturated heterocycles. The van der Waals surface area contributed by atoms with E-state index in [1.807, 2.05) is 11.8 Å². The predicted molar refractivity (Wildman–Crippen MR) is 114 cm³/mol. The summed E-state index contributed by atoms with van der Waals surface area (Å²) in [7, 11) is 0. The van der Waals surface area contributed by atoms with Crippen LogP contribution in [0.1, 0.15) is 17.3 Å². The minimum absolute atomic E-state index is 0.117. The van der Waals surface area contributed by atoms with Gasteiger partial charge in [-0.05, 0) is 25.1 Å².